The third kappa shape index (κ3) is 4.06. The van der Waals surface area contributed by atoms with Gasteiger partial charge in [-0.05, 0) is 36.1 Å². The predicted octanol–water partition coefficient (Wildman–Crippen LogP) is 2.75. The molecule has 0 spiro atoms. The van der Waals surface area contributed by atoms with Crippen LogP contribution in [0.25, 0.3) is 11.0 Å². The van der Waals surface area contributed by atoms with E-state index in [0.29, 0.717) is 33.6 Å². The largest absolute Gasteiger partial charge is 0.484 e. The van der Waals surface area contributed by atoms with E-state index >= 15 is 0 Å². The third-order valence-corrected chi connectivity index (χ3v) is 7.67. The molecule has 1 amide bonds. The number of carbonyl (C=O) groups excluding carboxylic acids is 2. The number of sulfone groups is 1. The van der Waals surface area contributed by atoms with Crippen LogP contribution in [-0.4, -0.2) is 56.2 Å². The molecule has 0 N–H and O–H groups in total. The minimum atomic E-state index is -3.07. The smallest absolute Gasteiger partial charge is 0.260 e. The molecule has 1 saturated heterocycles. The number of fused-ring (bicyclic) bond motifs is 1. The molecule has 7 nitrogen and oxygen atoms in total. The Morgan fingerprint density at radius 2 is 2.14 bits per heavy atom. The monoisotopic (exact) mass is 433 g/mol. The third-order valence-electron chi connectivity index (χ3n) is 5.05. The highest BCUT2D eigenvalue weighted by molar-refractivity contribution is 7.91. The molecule has 3 heterocycles. The molecule has 9 heteroatoms. The first kappa shape index (κ1) is 19.7. The minimum absolute atomic E-state index is 0.00951. The van der Waals surface area contributed by atoms with Gasteiger partial charge in [-0.2, -0.15) is 0 Å². The number of rotatable bonds is 6. The van der Waals surface area contributed by atoms with Crippen LogP contribution < -0.4 is 4.74 Å². The molecule has 29 heavy (non-hydrogen) atoms. The van der Waals surface area contributed by atoms with Crippen molar-refractivity contribution in [3.05, 3.63) is 52.4 Å². The number of ether oxygens (including phenoxy) is 1. The molecule has 152 valence electrons. The Morgan fingerprint density at radius 3 is 2.83 bits per heavy atom. The Bertz CT molecular complexity index is 1160. The van der Waals surface area contributed by atoms with Gasteiger partial charge in [-0.1, -0.05) is 6.07 Å². The molecule has 3 aromatic rings. The van der Waals surface area contributed by atoms with Gasteiger partial charge >= 0.3 is 0 Å². The van der Waals surface area contributed by atoms with Gasteiger partial charge in [0.1, 0.15) is 17.6 Å². The number of hydrogen-bond acceptors (Lipinski definition) is 7. The van der Waals surface area contributed by atoms with Crippen LogP contribution in [0.15, 0.2) is 46.4 Å². The molecular formula is C20H19NO6S2. The fraction of sp³-hybridized carbons (Fsp3) is 0.300. The molecule has 1 aliphatic rings. The summed E-state index contributed by atoms with van der Waals surface area (Å²) < 4.78 is 34.3. The van der Waals surface area contributed by atoms with Crippen LogP contribution >= 0.6 is 11.3 Å². The molecule has 1 aromatic carbocycles. The SMILES string of the molecule is CN(C(=O)COc1ccc2occ(C(=O)c3cccs3)c2c1)[C@H]1CCS(=O)(=O)C1. The Kier molecular flexibility index (Phi) is 5.18. The Balaban J connectivity index is 1.46. The summed E-state index contributed by atoms with van der Waals surface area (Å²) >= 11 is 1.36. The van der Waals surface area contributed by atoms with Gasteiger partial charge in [-0.25, -0.2) is 8.42 Å². The molecule has 1 fully saturated rings. The first-order valence-electron chi connectivity index (χ1n) is 9.02. The number of furan rings is 1. The van der Waals surface area contributed by atoms with Crippen molar-refractivity contribution in [3.63, 3.8) is 0 Å². The molecular weight excluding hydrogens is 414 g/mol. The van der Waals surface area contributed by atoms with Gasteiger partial charge in [0.25, 0.3) is 5.91 Å². The molecule has 1 aliphatic heterocycles. The number of likely N-dealkylation sites (N-methyl/N-ethyl adjacent to an activating group) is 1. The van der Waals surface area contributed by atoms with E-state index in [1.54, 1.807) is 31.3 Å². The molecule has 0 bridgehead atoms. The zero-order valence-corrected chi connectivity index (χ0v) is 17.3. The highest BCUT2D eigenvalue weighted by Gasteiger charge is 2.32. The van der Waals surface area contributed by atoms with Crippen molar-refractivity contribution in [2.24, 2.45) is 0 Å². The quantitative estimate of drug-likeness (QED) is 0.555. The number of hydrogen-bond donors (Lipinski definition) is 0. The number of ketones is 1. The second kappa shape index (κ2) is 7.64. The van der Waals surface area contributed by atoms with E-state index < -0.39 is 9.84 Å². The summed E-state index contributed by atoms with van der Waals surface area (Å²) in [5, 5.41) is 2.45. The van der Waals surface area contributed by atoms with E-state index in [1.165, 1.54) is 22.5 Å². The molecule has 0 radical (unpaired) electrons. The van der Waals surface area contributed by atoms with Crippen molar-refractivity contribution in [1.82, 2.24) is 4.90 Å². The van der Waals surface area contributed by atoms with Crippen LogP contribution in [0.5, 0.6) is 5.75 Å². The number of amides is 1. The lowest BCUT2D eigenvalue weighted by atomic mass is 10.1. The van der Waals surface area contributed by atoms with Crippen molar-refractivity contribution in [2.75, 3.05) is 25.2 Å². The molecule has 1 atom stereocenters. The average molecular weight is 434 g/mol. The molecule has 4 rings (SSSR count). The normalized spacial score (nSPS) is 18.0. The van der Waals surface area contributed by atoms with Crippen molar-refractivity contribution in [2.45, 2.75) is 12.5 Å². The van der Waals surface area contributed by atoms with Gasteiger partial charge in [-0.3, -0.25) is 9.59 Å². The van der Waals surface area contributed by atoms with Crippen molar-refractivity contribution < 1.29 is 27.2 Å². The highest BCUT2D eigenvalue weighted by Crippen LogP contribution is 2.28. The minimum Gasteiger partial charge on any atom is -0.484 e. The standard InChI is InChI=1S/C20H19NO6S2/c1-21(13-6-8-29(24,25)12-13)19(22)11-26-14-4-5-17-15(9-14)16(10-27-17)20(23)18-3-2-7-28-18/h2-5,7,9-10,13H,6,8,11-12H2,1H3/t13-/m0/s1. The van der Waals surface area contributed by atoms with Crippen molar-refractivity contribution in [3.8, 4) is 5.75 Å². The second-order valence-corrected chi connectivity index (χ2v) is 10.1. The molecule has 0 unspecified atom stereocenters. The van der Waals surface area contributed by atoms with Crippen LogP contribution in [0, 0.1) is 0 Å². The van der Waals surface area contributed by atoms with E-state index in [0.717, 1.165) is 0 Å². The maximum atomic E-state index is 12.6. The van der Waals surface area contributed by atoms with E-state index in [1.807, 2.05) is 11.4 Å². The maximum Gasteiger partial charge on any atom is 0.260 e. The van der Waals surface area contributed by atoms with Gasteiger partial charge in [0.15, 0.2) is 16.4 Å². The molecule has 0 aliphatic carbocycles. The second-order valence-electron chi connectivity index (χ2n) is 6.96. The van der Waals surface area contributed by atoms with Crippen molar-refractivity contribution >= 4 is 43.8 Å². The van der Waals surface area contributed by atoms with Gasteiger partial charge < -0.3 is 14.1 Å². The van der Waals surface area contributed by atoms with Crippen LogP contribution in [0.1, 0.15) is 21.7 Å². The highest BCUT2D eigenvalue weighted by atomic mass is 32.2. The number of carbonyl (C=O) groups is 2. The summed E-state index contributed by atoms with van der Waals surface area (Å²) in [4.78, 5) is 27.1. The zero-order valence-electron chi connectivity index (χ0n) is 15.7. The van der Waals surface area contributed by atoms with Crippen LogP contribution in [0.2, 0.25) is 0 Å². The molecule has 0 saturated carbocycles. The molecule has 2 aromatic heterocycles. The first-order chi connectivity index (χ1) is 13.8. The Morgan fingerprint density at radius 1 is 1.31 bits per heavy atom. The van der Waals surface area contributed by atoms with Gasteiger partial charge in [0, 0.05) is 18.5 Å². The Labute approximate surface area is 171 Å². The lowest BCUT2D eigenvalue weighted by Crippen LogP contribution is -2.40. The lowest BCUT2D eigenvalue weighted by Gasteiger charge is -2.23. The predicted molar refractivity (Wildman–Crippen MR) is 109 cm³/mol. The van der Waals surface area contributed by atoms with Crippen LogP contribution in [-0.2, 0) is 14.6 Å². The lowest BCUT2D eigenvalue weighted by molar-refractivity contribution is -0.133. The van der Waals surface area contributed by atoms with E-state index in [-0.39, 0.29) is 35.8 Å². The van der Waals surface area contributed by atoms with Gasteiger partial charge in [0.05, 0.1) is 21.9 Å². The van der Waals surface area contributed by atoms with E-state index in [9.17, 15) is 18.0 Å². The number of benzene rings is 1. The van der Waals surface area contributed by atoms with E-state index in [2.05, 4.69) is 0 Å². The topological polar surface area (TPSA) is 93.9 Å². The summed E-state index contributed by atoms with van der Waals surface area (Å²) in [5.41, 5.74) is 0.990. The van der Waals surface area contributed by atoms with Gasteiger partial charge in [-0.15, -0.1) is 11.3 Å². The Hall–Kier alpha value is -2.65. The van der Waals surface area contributed by atoms with Gasteiger partial charge in [0.2, 0.25) is 5.78 Å². The summed E-state index contributed by atoms with van der Waals surface area (Å²) in [6.45, 7) is -0.218. The van der Waals surface area contributed by atoms with Crippen molar-refractivity contribution in [1.29, 1.82) is 0 Å². The summed E-state index contributed by atoms with van der Waals surface area (Å²) in [5.74, 6) is 0.0991. The van der Waals surface area contributed by atoms with Crippen LogP contribution in [0.4, 0.5) is 0 Å². The van der Waals surface area contributed by atoms with E-state index in [4.69, 9.17) is 9.15 Å². The number of nitrogens with zero attached hydrogens (tertiary/aromatic N) is 1. The zero-order chi connectivity index (χ0) is 20.6. The average Bonchev–Trinajstić information content (AvgIpc) is 3.44. The maximum absolute atomic E-state index is 12.6. The number of thiophene rings is 1. The summed E-state index contributed by atoms with van der Waals surface area (Å²) in [6.07, 6.45) is 1.87. The summed E-state index contributed by atoms with van der Waals surface area (Å²) in [7, 11) is -1.48. The fourth-order valence-electron chi connectivity index (χ4n) is 3.35. The van der Waals surface area contributed by atoms with Crippen LogP contribution in [0.3, 0.4) is 0 Å². The summed E-state index contributed by atoms with van der Waals surface area (Å²) in [6, 6.07) is 8.28. The fourth-order valence-corrected chi connectivity index (χ4v) is 5.80. The first-order valence-corrected chi connectivity index (χ1v) is 11.7.